The first-order chi connectivity index (χ1) is 20.9. The van der Waals surface area contributed by atoms with Crippen molar-refractivity contribution in [1.29, 1.82) is 0 Å². The minimum absolute atomic E-state index is 0.0600. The molecule has 0 spiro atoms. The lowest BCUT2D eigenvalue weighted by atomic mass is 9.77. The monoisotopic (exact) mass is 596 g/mol. The molecule has 1 unspecified atom stereocenters. The standard InChI is InChI=1S/C31H42N4O5.CH2O2/c1-39-21-16-31(30(38)34-19-5-10-25-8-3-2-4-9-25)22-26-12-14-27(15-13-26)40-23-29(37)33-20-7-18-32-17-6-11-28(36)35-24-31;2-1-3/h2-5,8-10,12-15,32H,6-7,11,16-24H2,1H3,(H,33,37)(H,34,38)(H,35,36);1H,(H,2,3). The van der Waals surface area contributed by atoms with Crippen LogP contribution < -0.4 is 26.0 Å². The van der Waals surface area contributed by atoms with Gasteiger partial charge in [0.05, 0.1) is 5.41 Å². The van der Waals surface area contributed by atoms with Crippen LogP contribution in [0.2, 0.25) is 0 Å². The van der Waals surface area contributed by atoms with Crippen LogP contribution in [0.5, 0.6) is 5.75 Å². The molecule has 0 fully saturated rings. The third-order valence-electron chi connectivity index (χ3n) is 6.83. The zero-order valence-corrected chi connectivity index (χ0v) is 24.8. The molecule has 11 heteroatoms. The third-order valence-corrected chi connectivity index (χ3v) is 6.83. The summed E-state index contributed by atoms with van der Waals surface area (Å²) in [6, 6.07) is 17.3. The number of nitrogens with one attached hydrogen (secondary N) is 4. The number of fused-ring (bicyclic) bond motifs is 17. The summed E-state index contributed by atoms with van der Waals surface area (Å²) in [7, 11) is 1.61. The predicted octanol–water partition coefficient (Wildman–Crippen LogP) is 2.17. The Balaban J connectivity index is 0.00000206. The maximum absolute atomic E-state index is 13.8. The number of carbonyl (C=O) groups excluding carboxylic acids is 3. The van der Waals surface area contributed by atoms with Gasteiger partial charge in [-0.3, -0.25) is 19.2 Å². The Labute approximate surface area is 253 Å². The molecule has 1 atom stereocenters. The van der Waals surface area contributed by atoms with E-state index in [0.717, 1.165) is 24.1 Å². The van der Waals surface area contributed by atoms with Gasteiger partial charge in [0.15, 0.2) is 6.61 Å². The van der Waals surface area contributed by atoms with Crippen LogP contribution in [0.3, 0.4) is 0 Å². The first-order valence-electron chi connectivity index (χ1n) is 14.4. The molecule has 2 bridgehead atoms. The van der Waals surface area contributed by atoms with E-state index in [1.807, 2.05) is 54.6 Å². The quantitative estimate of drug-likeness (QED) is 0.305. The highest BCUT2D eigenvalue weighted by Crippen LogP contribution is 2.29. The number of hydrogen-bond donors (Lipinski definition) is 5. The summed E-state index contributed by atoms with van der Waals surface area (Å²) in [5, 5.41) is 19.1. The van der Waals surface area contributed by atoms with Crippen molar-refractivity contribution in [3.8, 4) is 5.75 Å². The third kappa shape index (κ3) is 14.0. The second-order valence-corrected chi connectivity index (χ2v) is 10.1. The average Bonchev–Trinajstić information content (AvgIpc) is 3.02. The normalized spacial score (nSPS) is 18.7. The molecule has 0 aromatic heterocycles. The van der Waals surface area contributed by atoms with Crippen molar-refractivity contribution >= 4 is 30.3 Å². The molecule has 11 nitrogen and oxygen atoms in total. The molecular weight excluding hydrogens is 552 g/mol. The van der Waals surface area contributed by atoms with Crippen LogP contribution in [-0.2, 0) is 30.3 Å². The molecule has 0 saturated heterocycles. The number of benzene rings is 2. The molecule has 2 aliphatic heterocycles. The lowest BCUT2D eigenvalue weighted by Crippen LogP contribution is -2.50. The fourth-order valence-corrected chi connectivity index (χ4v) is 4.50. The highest BCUT2D eigenvalue weighted by molar-refractivity contribution is 5.85. The van der Waals surface area contributed by atoms with Gasteiger partial charge in [0.1, 0.15) is 5.75 Å². The highest BCUT2D eigenvalue weighted by atomic mass is 16.5. The SMILES string of the molecule is COCCC1(C(=O)NCC=Cc2ccccc2)CNC(=O)CCCNCCCNC(=O)COc2ccc(cc2)C1.O=CO. The van der Waals surface area contributed by atoms with Crippen LogP contribution in [-0.4, -0.2) is 82.3 Å². The van der Waals surface area contributed by atoms with Gasteiger partial charge in [-0.15, -0.1) is 0 Å². The second kappa shape index (κ2) is 20.6. The molecular formula is C32H44N4O7. The van der Waals surface area contributed by atoms with Gasteiger partial charge in [-0.25, -0.2) is 0 Å². The number of hydrogen-bond acceptors (Lipinski definition) is 7. The van der Waals surface area contributed by atoms with Gasteiger partial charge in [0, 0.05) is 39.8 Å². The summed E-state index contributed by atoms with van der Waals surface area (Å²) in [4.78, 5) is 46.9. The molecule has 0 aliphatic carbocycles. The van der Waals surface area contributed by atoms with Gasteiger partial charge in [-0.1, -0.05) is 54.6 Å². The van der Waals surface area contributed by atoms with E-state index >= 15 is 0 Å². The molecule has 0 saturated carbocycles. The average molecular weight is 597 g/mol. The van der Waals surface area contributed by atoms with E-state index < -0.39 is 5.41 Å². The summed E-state index contributed by atoms with van der Waals surface area (Å²) in [6.45, 7) is 2.59. The Bertz CT molecular complexity index is 1140. The maximum atomic E-state index is 13.8. The van der Waals surface area contributed by atoms with Crippen molar-refractivity contribution < 1.29 is 33.8 Å². The number of carboxylic acid groups (broad SMARTS) is 1. The van der Waals surface area contributed by atoms with Gasteiger partial charge in [-0.2, -0.15) is 0 Å². The first kappa shape index (κ1) is 35.0. The van der Waals surface area contributed by atoms with E-state index in [2.05, 4.69) is 21.3 Å². The van der Waals surface area contributed by atoms with Crippen LogP contribution in [0.25, 0.3) is 6.08 Å². The Morgan fingerprint density at radius 3 is 2.47 bits per heavy atom. The van der Waals surface area contributed by atoms with Gasteiger partial charge in [0.25, 0.3) is 12.4 Å². The maximum Gasteiger partial charge on any atom is 0.290 e. The highest BCUT2D eigenvalue weighted by Gasteiger charge is 2.38. The van der Waals surface area contributed by atoms with Gasteiger partial charge >= 0.3 is 0 Å². The topological polar surface area (TPSA) is 155 Å². The van der Waals surface area contributed by atoms with Crippen LogP contribution in [0.4, 0.5) is 0 Å². The van der Waals surface area contributed by atoms with Gasteiger partial charge in [-0.05, 0) is 62.0 Å². The summed E-state index contributed by atoms with van der Waals surface area (Å²) < 4.78 is 11.0. The summed E-state index contributed by atoms with van der Waals surface area (Å²) >= 11 is 0. The number of ether oxygens (including phenoxy) is 2. The fourth-order valence-electron chi connectivity index (χ4n) is 4.50. The van der Waals surface area contributed by atoms with Crippen molar-refractivity contribution in [1.82, 2.24) is 21.3 Å². The Morgan fingerprint density at radius 2 is 1.74 bits per heavy atom. The minimum atomic E-state index is -0.923. The summed E-state index contributed by atoms with van der Waals surface area (Å²) in [5.74, 6) is 0.155. The van der Waals surface area contributed by atoms with Crippen molar-refractivity contribution in [3.05, 3.63) is 71.8 Å². The van der Waals surface area contributed by atoms with Gasteiger partial charge < -0.3 is 35.8 Å². The van der Waals surface area contributed by atoms with Crippen molar-refractivity contribution in [2.75, 3.05) is 53.0 Å². The Hall–Kier alpha value is -4.22. The molecule has 43 heavy (non-hydrogen) atoms. The van der Waals surface area contributed by atoms with Crippen LogP contribution in [0.1, 0.15) is 36.8 Å². The van der Waals surface area contributed by atoms with E-state index in [4.69, 9.17) is 19.4 Å². The van der Waals surface area contributed by atoms with E-state index in [-0.39, 0.29) is 37.3 Å². The van der Waals surface area contributed by atoms with E-state index in [1.54, 1.807) is 19.2 Å². The largest absolute Gasteiger partial charge is 0.484 e. The van der Waals surface area contributed by atoms with E-state index in [9.17, 15) is 14.4 Å². The van der Waals surface area contributed by atoms with E-state index in [0.29, 0.717) is 57.7 Å². The predicted molar refractivity (Wildman–Crippen MR) is 164 cm³/mol. The van der Waals surface area contributed by atoms with Crippen molar-refractivity contribution in [3.63, 3.8) is 0 Å². The number of amides is 3. The molecule has 2 aromatic carbocycles. The molecule has 3 amide bonds. The molecule has 234 valence electrons. The van der Waals surface area contributed by atoms with Crippen LogP contribution in [0.15, 0.2) is 60.7 Å². The van der Waals surface area contributed by atoms with E-state index in [1.165, 1.54) is 0 Å². The number of rotatable bonds is 7. The second-order valence-electron chi connectivity index (χ2n) is 10.1. The fraction of sp³-hybridized carbons (Fsp3) is 0.438. The van der Waals surface area contributed by atoms with Crippen molar-refractivity contribution in [2.24, 2.45) is 5.41 Å². The summed E-state index contributed by atoms with van der Waals surface area (Å²) in [6.07, 6.45) is 6.52. The van der Waals surface area contributed by atoms with Gasteiger partial charge in [0.2, 0.25) is 11.8 Å². The summed E-state index contributed by atoms with van der Waals surface area (Å²) in [5.41, 5.74) is 1.04. The first-order valence-corrected chi connectivity index (χ1v) is 14.4. The molecule has 2 aromatic rings. The zero-order valence-electron chi connectivity index (χ0n) is 24.8. The Morgan fingerprint density at radius 1 is 1.02 bits per heavy atom. The molecule has 2 heterocycles. The molecule has 2 aliphatic rings. The van der Waals surface area contributed by atoms with Crippen molar-refractivity contribution in [2.45, 2.75) is 32.1 Å². The minimum Gasteiger partial charge on any atom is -0.484 e. The lowest BCUT2D eigenvalue weighted by Gasteiger charge is -2.33. The molecule has 0 radical (unpaired) electrons. The Kier molecular flexibility index (Phi) is 16.8. The number of methoxy groups -OCH3 is 1. The number of carbonyl (C=O) groups is 4. The molecule has 4 rings (SSSR count). The smallest absolute Gasteiger partial charge is 0.290 e. The van der Waals surface area contributed by atoms with Crippen LogP contribution >= 0.6 is 0 Å². The molecule has 5 N–H and O–H groups in total. The van der Waals surface area contributed by atoms with Crippen LogP contribution in [0, 0.1) is 5.41 Å². The zero-order chi connectivity index (χ0) is 31.2. The lowest BCUT2D eigenvalue weighted by molar-refractivity contribution is -0.132.